The Labute approximate surface area is 143 Å². The summed E-state index contributed by atoms with van der Waals surface area (Å²) in [5.41, 5.74) is 1.37. The molecule has 0 radical (unpaired) electrons. The van der Waals surface area contributed by atoms with Crippen LogP contribution in [0.15, 0.2) is 41.1 Å². The monoisotopic (exact) mass is 376 g/mol. The lowest BCUT2D eigenvalue weighted by molar-refractivity contribution is 0.0945. The van der Waals surface area contributed by atoms with Crippen LogP contribution in [0.25, 0.3) is 0 Å². The van der Waals surface area contributed by atoms with E-state index in [1.807, 2.05) is 18.2 Å². The van der Waals surface area contributed by atoms with Crippen LogP contribution in [0.5, 0.6) is 11.5 Å². The van der Waals surface area contributed by atoms with Crippen LogP contribution in [-0.4, -0.2) is 24.2 Å². The molecule has 1 aliphatic heterocycles. The third-order valence-electron chi connectivity index (χ3n) is 3.81. The molecule has 0 aliphatic carbocycles. The minimum absolute atomic E-state index is 0.146. The summed E-state index contributed by atoms with van der Waals surface area (Å²) in [5.74, 6) is 1.36. The summed E-state index contributed by atoms with van der Waals surface area (Å²) in [7, 11) is 0. The van der Waals surface area contributed by atoms with Crippen molar-refractivity contribution in [3.8, 4) is 11.5 Å². The molecule has 1 N–H and O–H groups in total. The van der Waals surface area contributed by atoms with E-state index in [0.717, 1.165) is 21.5 Å². The quantitative estimate of drug-likeness (QED) is 0.889. The number of nitrogens with zero attached hydrogens (tertiary/aromatic N) is 1. The molecule has 0 bridgehead atoms. The van der Waals surface area contributed by atoms with E-state index in [4.69, 9.17) is 9.47 Å². The minimum Gasteiger partial charge on any atom is -0.454 e. The minimum atomic E-state index is -0.240. The van der Waals surface area contributed by atoms with Gasteiger partial charge in [0.2, 0.25) is 6.79 Å². The summed E-state index contributed by atoms with van der Waals surface area (Å²) in [6, 6.07) is 7.62. The first-order valence-electron chi connectivity index (χ1n) is 7.24. The topological polar surface area (TPSA) is 60.5 Å². The largest absolute Gasteiger partial charge is 0.454 e. The first-order chi connectivity index (χ1) is 11.0. The van der Waals surface area contributed by atoms with E-state index >= 15 is 0 Å². The van der Waals surface area contributed by atoms with Gasteiger partial charge in [0.15, 0.2) is 11.5 Å². The molecule has 1 aromatic carbocycles. The van der Waals surface area contributed by atoms with Crippen molar-refractivity contribution in [2.75, 3.05) is 13.3 Å². The number of ether oxygens (including phenoxy) is 2. The van der Waals surface area contributed by atoms with Gasteiger partial charge in [-0.1, -0.05) is 19.9 Å². The average Bonchev–Trinajstić information content (AvgIpc) is 3.00. The molecule has 2 heterocycles. The predicted octanol–water partition coefficient (Wildman–Crippen LogP) is 3.28. The van der Waals surface area contributed by atoms with Crippen molar-refractivity contribution in [1.82, 2.24) is 10.3 Å². The van der Waals surface area contributed by atoms with Gasteiger partial charge in [-0.25, -0.2) is 0 Å². The number of amides is 1. The third kappa shape index (κ3) is 3.47. The maximum atomic E-state index is 12.2. The highest BCUT2D eigenvalue weighted by Crippen LogP contribution is 2.36. The Morgan fingerprint density at radius 3 is 2.83 bits per heavy atom. The lowest BCUT2D eigenvalue weighted by Gasteiger charge is -2.26. The van der Waals surface area contributed by atoms with Crippen molar-refractivity contribution >= 4 is 21.8 Å². The fraction of sp³-hybridized carbons (Fsp3) is 0.294. The Balaban J connectivity index is 1.70. The van der Waals surface area contributed by atoms with E-state index in [0.29, 0.717) is 12.1 Å². The van der Waals surface area contributed by atoms with Crippen molar-refractivity contribution in [3.63, 3.8) is 0 Å². The first kappa shape index (κ1) is 15.8. The Hall–Kier alpha value is -2.08. The fourth-order valence-corrected chi connectivity index (χ4v) is 2.72. The van der Waals surface area contributed by atoms with E-state index in [2.05, 4.69) is 40.1 Å². The molecule has 1 amide bonds. The van der Waals surface area contributed by atoms with Gasteiger partial charge in [-0.05, 0) is 39.7 Å². The van der Waals surface area contributed by atoms with Gasteiger partial charge in [0.1, 0.15) is 0 Å². The highest BCUT2D eigenvalue weighted by Gasteiger charge is 2.25. The molecule has 0 fully saturated rings. The van der Waals surface area contributed by atoms with Gasteiger partial charge < -0.3 is 14.8 Å². The van der Waals surface area contributed by atoms with Crippen molar-refractivity contribution in [2.45, 2.75) is 19.3 Å². The van der Waals surface area contributed by atoms with Gasteiger partial charge in [-0.2, -0.15) is 0 Å². The molecule has 23 heavy (non-hydrogen) atoms. The summed E-state index contributed by atoms with van der Waals surface area (Å²) in [6.45, 7) is 4.90. The number of carbonyl (C=O) groups excluding carboxylic acids is 1. The van der Waals surface area contributed by atoms with Gasteiger partial charge in [-0.3, -0.25) is 9.78 Å². The van der Waals surface area contributed by atoms with Crippen molar-refractivity contribution < 1.29 is 14.3 Å². The maximum Gasteiger partial charge on any atom is 0.252 e. The molecule has 2 aromatic rings. The molecule has 3 rings (SSSR count). The van der Waals surface area contributed by atoms with E-state index in [-0.39, 0.29) is 18.1 Å². The molecule has 0 atom stereocenters. The molecular weight excluding hydrogens is 360 g/mol. The number of rotatable bonds is 4. The van der Waals surface area contributed by atoms with Crippen LogP contribution in [0.1, 0.15) is 29.8 Å². The molecule has 0 unspecified atom stereocenters. The zero-order chi connectivity index (χ0) is 16.4. The van der Waals surface area contributed by atoms with Crippen molar-refractivity contribution in [3.05, 3.63) is 52.3 Å². The zero-order valence-electron chi connectivity index (χ0n) is 12.9. The second-order valence-corrected chi connectivity index (χ2v) is 6.94. The summed E-state index contributed by atoms with van der Waals surface area (Å²) < 4.78 is 11.5. The lowest BCUT2D eigenvalue weighted by atomic mass is 9.84. The van der Waals surface area contributed by atoms with Crippen LogP contribution in [0.3, 0.4) is 0 Å². The summed E-state index contributed by atoms with van der Waals surface area (Å²) in [4.78, 5) is 16.3. The number of carbonyl (C=O) groups is 1. The fourth-order valence-electron chi connectivity index (χ4n) is 2.36. The molecular formula is C17H17BrN2O3. The summed E-state index contributed by atoms with van der Waals surface area (Å²) in [6.07, 6.45) is 3.20. The standard InChI is InChI=1S/C17H17BrN2O3/c1-17(2,12-3-4-14-15(6-12)23-10-22-14)9-20-16(21)11-5-13(18)8-19-7-11/h3-8H,9-10H2,1-2H3,(H,20,21). The summed E-state index contributed by atoms with van der Waals surface area (Å²) in [5, 5.41) is 2.96. The molecule has 120 valence electrons. The zero-order valence-corrected chi connectivity index (χ0v) is 14.5. The van der Waals surface area contributed by atoms with Crippen LogP contribution in [0, 0.1) is 0 Å². The van der Waals surface area contributed by atoms with Gasteiger partial charge in [0.05, 0.1) is 5.56 Å². The number of pyridine rings is 1. The van der Waals surface area contributed by atoms with E-state index in [1.54, 1.807) is 18.5 Å². The average molecular weight is 377 g/mol. The second-order valence-electron chi connectivity index (χ2n) is 6.03. The molecule has 0 spiro atoms. The Morgan fingerprint density at radius 1 is 1.26 bits per heavy atom. The van der Waals surface area contributed by atoms with Crippen LogP contribution >= 0.6 is 15.9 Å². The number of hydrogen-bond acceptors (Lipinski definition) is 4. The smallest absolute Gasteiger partial charge is 0.252 e. The number of benzene rings is 1. The van der Waals surface area contributed by atoms with Crippen LogP contribution < -0.4 is 14.8 Å². The third-order valence-corrected chi connectivity index (χ3v) is 4.25. The van der Waals surface area contributed by atoms with Gasteiger partial charge in [0, 0.05) is 28.8 Å². The van der Waals surface area contributed by atoms with E-state index < -0.39 is 0 Å². The van der Waals surface area contributed by atoms with Gasteiger partial charge in [-0.15, -0.1) is 0 Å². The molecule has 6 heteroatoms. The Bertz CT molecular complexity index is 746. The van der Waals surface area contributed by atoms with Crippen LogP contribution in [-0.2, 0) is 5.41 Å². The molecule has 1 aromatic heterocycles. The summed E-state index contributed by atoms with van der Waals surface area (Å²) >= 11 is 3.32. The number of hydrogen-bond donors (Lipinski definition) is 1. The SMILES string of the molecule is CC(C)(CNC(=O)c1cncc(Br)c1)c1ccc2c(c1)OCO2. The van der Waals surface area contributed by atoms with Crippen LogP contribution in [0.4, 0.5) is 0 Å². The lowest BCUT2D eigenvalue weighted by Crippen LogP contribution is -2.36. The Kier molecular flexibility index (Phi) is 4.26. The number of fused-ring (bicyclic) bond motifs is 1. The van der Waals surface area contributed by atoms with Crippen molar-refractivity contribution in [2.24, 2.45) is 0 Å². The molecule has 0 saturated carbocycles. The van der Waals surface area contributed by atoms with E-state index in [9.17, 15) is 4.79 Å². The molecule has 0 saturated heterocycles. The molecule has 1 aliphatic rings. The number of aromatic nitrogens is 1. The van der Waals surface area contributed by atoms with Gasteiger partial charge >= 0.3 is 0 Å². The van der Waals surface area contributed by atoms with Crippen LogP contribution in [0.2, 0.25) is 0 Å². The highest BCUT2D eigenvalue weighted by molar-refractivity contribution is 9.10. The normalized spacial score (nSPS) is 13.0. The number of nitrogens with one attached hydrogen (secondary N) is 1. The first-order valence-corrected chi connectivity index (χ1v) is 8.04. The maximum absolute atomic E-state index is 12.2. The van der Waals surface area contributed by atoms with E-state index in [1.165, 1.54) is 0 Å². The Morgan fingerprint density at radius 2 is 2.04 bits per heavy atom. The van der Waals surface area contributed by atoms with Gasteiger partial charge in [0.25, 0.3) is 5.91 Å². The predicted molar refractivity (Wildman–Crippen MR) is 89.9 cm³/mol. The van der Waals surface area contributed by atoms with Crippen molar-refractivity contribution in [1.29, 1.82) is 0 Å². The second kappa shape index (κ2) is 6.20. The highest BCUT2D eigenvalue weighted by atomic mass is 79.9. The molecule has 5 nitrogen and oxygen atoms in total. The number of halogens is 1.